The largest absolute Gasteiger partial charge is 0.0952 e. The van der Waals surface area contributed by atoms with Gasteiger partial charge in [-0.05, 0) is 47.6 Å². The van der Waals surface area contributed by atoms with Gasteiger partial charge in [-0.25, -0.2) is 0 Å². The fraction of sp³-hybridized carbons (Fsp3) is 0.263. The van der Waals surface area contributed by atoms with Crippen LogP contribution in [0, 0.1) is 6.92 Å². The van der Waals surface area contributed by atoms with Crippen molar-refractivity contribution < 1.29 is 0 Å². The van der Waals surface area contributed by atoms with Crippen LogP contribution in [0.25, 0.3) is 16.7 Å². The molecular weight excluding hydrogens is 228 g/mol. The molecule has 0 aliphatic carbocycles. The molecule has 0 radical (unpaired) electrons. The number of unbranched alkanes of at least 4 members (excludes halogenated alkanes) is 1. The van der Waals surface area contributed by atoms with Gasteiger partial charge in [0.05, 0.1) is 0 Å². The Morgan fingerprint density at radius 3 is 2.42 bits per heavy atom. The van der Waals surface area contributed by atoms with Crippen LogP contribution >= 0.6 is 0 Å². The van der Waals surface area contributed by atoms with Crippen molar-refractivity contribution in [2.45, 2.75) is 33.1 Å². The minimum Gasteiger partial charge on any atom is -0.0952 e. The Morgan fingerprint density at radius 1 is 1.00 bits per heavy atom. The molecule has 0 aromatic heterocycles. The standard InChI is InChI=1S/C19H22/c1-4-5-10-15(2)19-16(3)11-9-14-18(19)17-12-7-6-8-13-17/h6-9,11-14H,2,4-5,10H2,1,3H3. The van der Waals surface area contributed by atoms with E-state index in [0.717, 1.165) is 6.42 Å². The van der Waals surface area contributed by atoms with Crippen molar-refractivity contribution in [3.05, 3.63) is 66.2 Å². The van der Waals surface area contributed by atoms with Gasteiger partial charge in [0.1, 0.15) is 0 Å². The second-order valence-corrected chi connectivity index (χ2v) is 5.07. The third-order valence-electron chi connectivity index (χ3n) is 3.54. The third-order valence-corrected chi connectivity index (χ3v) is 3.54. The van der Waals surface area contributed by atoms with Crippen molar-refractivity contribution in [3.63, 3.8) is 0 Å². The second kappa shape index (κ2) is 6.38. The molecule has 2 aromatic carbocycles. The molecule has 98 valence electrons. The summed E-state index contributed by atoms with van der Waals surface area (Å²) in [6.07, 6.45) is 3.51. The first kappa shape index (κ1) is 13.6. The summed E-state index contributed by atoms with van der Waals surface area (Å²) in [5, 5.41) is 0. The number of rotatable bonds is 5. The Balaban J connectivity index is 2.45. The molecule has 0 saturated carbocycles. The maximum Gasteiger partial charge on any atom is -0.0106 e. The summed E-state index contributed by atoms with van der Waals surface area (Å²) in [6, 6.07) is 17.1. The zero-order chi connectivity index (χ0) is 13.7. The van der Waals surface area contributed by atoms with E-state index in [1.807, 2.05) is 0 Å². The highest BCUT2D eigenvalue weighted by Gasteiger charge is 2.10. The summed E-state index contributed by atoms with van der Waals surface area (Å²) in [7, 11) is 0. The second-order valence-electron chi connectivity index (χ2n) is 5.07. The van der Waals surface area contributed by atoms with Crippen molar-refractivity contribution in [3.8, 4) is 11.1 Å². The number of benzene rings is 2. The first-order valence-corrected chi connectivity index (χ1v) is 7.07. The molecule has 0 fully saturated rings. The van der Waals surface area contributed by atoms with Crippen LogP contribution in [0.5, 0.6) is 0 Å². The van der Waals surface area contributed by atoms with Gasteiger partial charge < -0.3 is 0 Å². The molecule has 0 bridgehead atoms. The summed E-state index contributed by atoms with van der Waals surface area (Å²) < 4.78 is 0. The first-order valence-electron chi connectivity index (χ1n) is 7.07. The average Bonchev–Trinajstić information content (AvgIpc) is 2.45. The Labute approximate surface area is 116 Å². The third kappa shape index (κ3) is 3.14. The molecule has 2 rings (SSSR count). The molecular formula is C19H22. The van der Waals surface area contributed by atoms with E-state index in [9.17, 15) is 0 Å². The van der Waals surface area contributed by atoms with E-state index in [2.05, 4.69) is 69.0 Å². The van der Waals surface area contributed by atoms with Gasteiger partial charge in [0.25, 0.3) is 0 Å². The minimum absolute atomic E-state index is 1.08. The highest BCUT2D eigenvalue weighted by Crippen LogP contribution is 2.32. The quantitative estimate of drug-likeness (QED) is 0.623. The van der Waals surface area contributed by atoms with Crippen LogP contribution in [-0.4, -0.2) is 0 Å². The Morgan fingerprint density at radius 2 is 1.74 bits per heavy atom. The zero-order valence-corrected chi connectivity index (χ0v) is 11.9. The Hall–Kier alpha value is -1.82. The highest BCUT2D eigenvalue weighted by molar-refractivity contribution is 5.82. The molecule has 0 nitrogen and oxygen atoms in total. The molecule has 0 atom stereocenters. The van der Waals surface area contributed by atoms with Crippen LogP contribution in [0.2, 0.25) is 0 Å². The minimum atomic E-state index is 1.08. The highest BCUT2D eigenvalue weighted by atomic mass is 14.1. The van der Waals surface area contributed by atoms with E-state index < -0.39 is 0 Å². The van der Waals surface area contributed by atoms with Crippen LogP contribution in [0.15, 0.2) is 55.1 Å². The smallest absolute Gasteiger partial charge is 0.0106 e. The average molecular weight is 250 g/mol. The molecule has 0 aliphatic heterocycles. The number of allylic oxidation sites excluding steroid dienone is 1. The van der Waals surface area contributed by atoms with Crippen LogP contribution in [0.4, 0.5) is 0 Å². The zero-order valence-electron chi connectivity index (χ0n) is 11.9. The SMILES string of the molecule is C=C(CCCC)c1c(C)cccc1-c1ccccc1. The number of hydrogen-bond donors (Lipinski definition) is 0. The van der Waals surface area contributed by atoms with E-state index >= 15 is 0 Å². The normalized spacial score (nSPS) is 10.4. The summed E-state index contributed by atoms with van der Waals surface area (Å²) in [5.74, 6) is 0. The topological polar surface area (TPSA) is 0 Å². The fourth-order valence-corrected chi connectivity index (χ4v) is 2.51. The summed E-state index contributed by atoms with van der Waals surface area (Å²) in [6.45, 7) is 8.71. The van der Waals surface area contributed by atoms with Gasteiger partial charge in [-0.1, -0.05) is 68.5 Å². The monoisotopic (exact) mass is 250 g/mol. The fourth-order valence-electron chi connectivity index (χ4n) is 2.51. The van der Waals surface area contributed by atoms with Crippen molar-refractivity contribution >= 4 is 5.57 Å². The van der Waals surface area contributed by atoms with E-state index in [0.29, 0.717) is 0 Å². The van der Waals surface area contributed by atoms with Gasteiger partial charge >= 0.3 is 0 Å². The predicted molar refractivity (Wildman–Crippen MR) is 85.2 cm³/mol. The van der Waals surface area contributed by atoms with Gasteiger partial charge in [0, 0.05) is 0 Å². The summed E-state index contributed by atoms with van der Waals surface area (Å²) >= 11 is 0. The summed E-state index contributed by atoms with van der Waals surface area (Å²) in [5.41, 5.74) is 6.50. The molecule has 0 saturated heterocycles. The first-order chi connectivity index (χ1) is 9.24. The maximum atomic E-state index is 4.31. The lowest BCUT2D eigenvalue weighted by Crippen LogP contribution is -1.93. The maximum absolute atomic E-state index is 4.31. The van der Waals surface area contributed by atoms with Crippen molar-refractivity contribution in [2.24, 2.45) is 0 Å². The van der Waals surface area contributed by atoms with Crippen molar-refractivity contribution in [1.82, 2.24) is 0 Å². The van der Waals surface area contributed by atoms with Crippen LogP contribution in [-0.2, 0) is 0 Å². The molecule has 0 N–H and O–H groups in total. The lowest BCUT2D eigenvalue weighted by molar-refractivity contribution is 0.825. The lowest BCUT2D eigenvalue weighted by atomic mass is 9.89. The predicted octanol–water partition coefficient (Wildman–Crippen LogP) is 5.87. The van der Waals surface area contributed by atoms with Gasteiger partial charge in [0.15, 0.2) is 0 Å². The van der Waals surface area contributed by atoms with Crippen LogP contribution in [0.1, 0.15) is 37.3 Å². The summed E-state index contributed by atoms with van der Waals surface area (Å²) in [4.78, 5) is 0. The molecule has 0 spiro atoms. The van der Waals surface area contributed by atoms with Gasteiger partial charge in [-0.3, -0.25) is 0 Å². The molecule has 0 unspecified atom stereocenters. The number of hydrogen-bond acceptors (Lipinski definition) is 0. The van der Waals surface area contributed by atoms with Gasteiger partial charge in [-0.15, -0.1) is 0 Å². The van der Waals surface area contributed by atoms with Gasteiger partial charge in [0.2, 0.25) is 0 Å². The molecule has 2 aromatic rings. The Bertz CT molecular complexity index is 550. The van der Waals surface area contributed by atoms with Crippen molar-refractivity contribution in [1.29, 1.82) is 0 Å². The van der Waals surface area contributed by atoms with Crippen LogP contribution in [0.3, 0.4) is 0 Å². The van der Waals surface area contributed by atoms with Crippen molar-refractivity contribution in [2.75, 3.05) is 0 Å². The van der Waals surface area contributed by atoms with E-state index in [1.54, 1.807) is 0 Å². The molecule has 0 heteroatoms. The Kier molecular flexibility index (Phi) is 4.57. The molecule has 0 amide bonds. The van der Waals surface area contributed by atoms with E-state index in [1.165, 1.54) is 40.7 Å². The van der Waals surface area contributed by atoms with E-state index in [-0.39, 0.29) is 0 Å². The molecule has 0 aliphatic rings. The lowest BCUT2D eigenvalue weighted by Gasteiger charge is -2.15. The number of aryl methyl sites for hydroxylation is 1. The van der Waals surface area contributed by atoms with Gasteiger partial charge in [-0.2, -0.15) is 0 Å². The molecule has 0 heterocycles. The molecule has 19 heavy (non-hydrogen) atoms. The van der Waals surface area contributed by atoms with Crippen LogP contribution < -0.4 is 0 Å². The van der Waals surface area contributed by atoms with E-state index in [4.69, 9.17) is 0 Å².